The van der Waals surface area contributed by atoms with Crippen LogP contribution in [-0.4, -0.2) is 5.11 Å². The van der Waals surface area contributed by atoms with Crippen molar-refractivity contribution in [1.29, 1.82) is 0 Å². The topological polar surface area (TPSA) is 29.5 Å². The zero-order valence-corrected chi connectivity index (χ0v) is 9.92. The van der Waals surface area contributed by atoms with Gasteiger partial charge in [-0.1, -0.05) is 17.7 Å². The molecule has 0 bridgehead atoms. The highest BCUT2D eigenvalue weighted by atomic mass is 35.5. The molecule has 0 saturated heterocycles. The average molecular weight is 271 g/mol. The van der Waals surface area contributed by atoms with Crippen LogP contribution in [-0.2, 0) is 6.61 Å². The average Bonchev–Trinajstić information content (AvgIpc) is 2.34. The lowest BCUT2D eigenvalue weighted by molar-refractivity contribution is 0.280. The number of aliphatic hydroxyl groups excluding tert-OH is 1. The van der Waals surface area contributed by atoms with Crippen LogP contribution in [0.5, 0.6) is 11.5 Å². The third kappa shape index (κ3) is 2.78. The smallest absolute Gasteiger partial charge is 0.184 e. The molecule has 0 saturated carbocycles. The van der Waals surface area contributed by atoms with E-state index in [9.17, 15) is 8.78 Å². The molecule has 0 aromatic heterocycles. The van der Waals surface area contributed by atoms with Gasteiger partial charge in [-0.2, -0.15) is 0 Å². The van der Waals surface area contributed by atoms with Crippen LogP contribution in [0.3, 0.4) is 0 Å². The Kier molecular flexibility index (Phi) is 3.79. The number of hydrogen-bond donors (Lipinski definition) is 1. The molecule has 0 amide bonds. The first-order valence-electron chi connectivity index (χ1n) is 5.12. The van der Waals surface area contributed by atoms with Gasteiger partial charge in [0, 0.05) is 6.07 Å². The third-order valence-electron chi connectivity index (χ3n) is 2.26. The molecule has 0 heterocycles. The fourth-order valence-corrected chi connectivity index (χ4v) is 1.63. The molecule has 2 aromatic rings. The van der Waals surface area contributed by atoms with E-state index < -0.39 is 11.6 Å². The van der Waals surface area contributed by atoms with Crippen LogP contribution in [0.1, 0.15) is 5.56 Å². The minimum Gasteiger partial charge on any atom is -0.454 e. The van der Waals surface area contributed by atoms with Crippen LogP contribution in [0.25, 0.3) is 0 Å². The van der Waals surface area contributed by atoms with E-state index in [1.807, 2.05) is 0 Å². The fraction of sp³-hybridized carbons (Fsp3) is 0.0769. The number of ether oxygens (including phenoxy) is 1. The Morgan fingerprint density at radius 2 is 1.94 bits per heavy atom. The van der Waals surface area contributed by atoms with Crippen molar-refractivity contribution in [2.75, 3.05) is 0 Å². The van der Waals surface area contributed by atoms with Gasteiger partial charge in [-0.25, -0.2) is 8.78 Å². The highest BCUT2D eigenvalue weighted by molar-refractivity contribution is 6.30. The number of hydrogen-bond acceptors (Lipinski definition) is 2. The van der Waals surface area contributed by atoms with Crippen LogP contribution in [0.15, 0.2) is 36.4 Å². The zero-order chi connectivity index (χ0) is 13.1. The maximum atomic E-state index is 13.6. The van der Waals surface area contributed by atoms with Crippen LogP contribution >= 0.6 is 11.6 Å². The van der Waals surface area contributed by atoms with Crippen molar-refractivity contribution in [3.05, 3.63) is 58.6 Å². The largest absolute Gasteiger partial charge is 0.454 e. The minimum atomic E-state index is -0.714. The van der Waals surface area contributed by atoms with Crippen LogP contribution in [0.4, 0.5) is 8.78 Å². The van der Waals surface area contributed by atoms with Crippen molar-refractivity contribution < 1.29 is 18.6 Å². The highest BCUT2D eigenvalue weighted by Gasteiger charge is 2.09. The number of benzene rings is 2. The van der Waals surface area contributed by atoms with Crippen molar-refractivity contribution in [3.8, 4) is 11.5 Å². The molecule has 0 radical (unpaired) electrons. The van der Waals surface area contributed by atoms with Crippen molar-refractivity contribution in [1.82, 2.24) is 0 Å². The summed E-state index contributed by atoms with van der Waals surface area (Å²) in [5.74, 6) is -1.29. The van der Waals surface area contributed by atoms with Crippen molar-refractivity contribution >= 4 is 11.6 Å². The molecule has 0 atom stereocenters. The summed E-state index contributed by atoms with van der Waals surface area (Å²) in [5.41, 5.74) is 0.340. The highest BCUT2D eigenvalue weighted by Crippen LogP contribution is 2.29. The Hall–Kier alpha value is -1.65. The van der Waals surface area contributed by atoms with E-state index in [-0.39, 0.29) is 23.1 Å². The lowest BCUT2D eigenvalue weighted by Gasteiger charge is -2.08. The number of aliphatic hydroxyl groups is 1. The second-order valence-corrected chi connectivity index (χ2v) is 4.01. The van der Waals surface area contributed by atoms with E-state index in [2.05, 4.69) is 0 Å². The van der Waals surface area contributed by atoms with Gasteiger partial charge in [0.2, 0.25) is 0 Å². The fourth-order valence-electron chi connectivity index (χ4n) is 1.46. The summed E-state index contributed by atoms with van der Waals surface area (Å²) in [7, 11) is 0. The first-order chi connectivity index (χ1) is 8.60. The molecular formula is C13H9ClF2O2. The van der Waals surface area contributed by atoms with Gasteiger partial charge in [0.1, 0.15) is 11.6 Å². The first kappa shape index (κ1) is 12.8. The molecule has 2 rings (SSSR count). The number of halogens is 3. The summed E-state index contributed by atoms with van der Waals surface area (Å²) < 4.78 is 32.0. The lowest BCUT2D eigenvalue weighted by Crippen LogP contribution is -1.92. The predicted octanol–water partition coefficient (Wildman–Crippen LogP) is 3.90. The van der Waals surface area contributed by atoms with Crippen LogP contribution in [0.2, 0.25) is 5.02 Å². The Morgan fingerprint density at radius 3 is 2.67 bits per heavy atom. The van der Waals surface area contributed by atoms with Crippen molar-refractivity contribution in [2.24, 2.45) is 0 Å². The summed E-state index contributed by atoms with van der Waals surface area (Å²) in [6.45, 7) is -0.327. The molecule has 0 aliphatic carbocycles. The van der Waals surface area contributed by atoms with Gasteiger partial charge in [0.05, 0.1) is 11.6 Å². The maximum Gasteiger partial charge on any atom is 0.184 e. The molecule has 94 valence electrons. The van der Waals surface area contributed by atoms with E-state index >= 15 is 0 Å². The van der Waals surface area contributed by atoms with Gasteiger partial charge in [-0.05, 0) is 29.8 Å². The SMILES string of the molecule is OCc1cc(F)cc(Oc2cccc(Cl)c2F)c1. The second-order valence-electron chi connectivity index (χ2n) is 3.61. The summed E-state index contributed by atoms with van der Waals surface area (Å²) in [5, 5.41) is 8.86. The van der Waals surface area contributed by atoms with Crippen molar-refractivity contribution in [3.63, 3.8) is 0 Å². The summed E-state index contributed by atoms with van der Waals surface area (Å²) in [6, 6.07) is 7.97. The second kappa shape index (κ2) is 5.33. The Labute approximate surface area is 107 Å². The van der Waals surface area contributed by atoms with E-state index in [0.29, 0.717) is 5.56 Å². The van der Waals surface area contributed by atoms with E-state index in [1.54, 1.807) is 0 Å². The van der Waals surface area contributed by atoms with E-state index in [4.69, 9.17) is 21.4 Å². The van der Waals surface area contributed by atoms with Crippen molar-refractivity contribution in [2.45, 2.75) is 6.61 Å². The molecule has 0 unspecified atom stereocenters. The molecule has 0 spiro atoms. The van der Waals surface area contributed by atoms with Gasteiger partial charge >= 0.3 is 0 Å². The van der Waals surface area contributed by atoms with Gasteiger partial charge in [0.25, 0.3) is 0 Å². The summed E-state index contributed by atoms with van der Waals surface area (Å²) in [6.07, 6.45) is 0. The lowest BCUT2D eigenvalue weighted by atomic mass is 10.2. The molecule has 2 aromatic carbocycles. The normalized spacial score (nSPS) is 10.4. The molecule has 0 aliphatic rings. The quantitative estimate of drug-likeness (QED) is 0.916. The van der Waals surface area contributed by atoms with E-state index in [1.165, 1.54) is 30.3 Å². The van der Waals surface area contributed by atoms with Crippen LogP contribution < -0.4 is 4.74 Å². The standard InChI is InChI=1S/C13H9ClF2O2/c14-11-2-1-3-12(13(11)16)18-10-5-8(7-17)4-9(15)6-10/h1-6,17H,7H2. The Bertz CT molecular complexity index is 573. The Morgan fingerprint density at radius 1 is 1.17 bits per heavy atom. The predicted molar refractivity (Wildman–Crippen MR) is 63.8 cm³/mol. The molecule has 1 N–H and O–H groups in total. The summed E-state index contributed by atoms with van der Waals surface area (Å²) in [4.78, 5) is 0. The minimum absolute atomic E-state index is 0.0775. The monoisotopic (exact) mass is 270 g/mol. The number of rotatable bonds is 3. The maximum absolute atomic E-state index is 13.6. The summed E-state index contributed by atoms with van der Waals surface area (Å²) >= 11 is 5.60. The zero-order valence-electron chi connectivity index (χ0n) is 9.16. The molecular weight excluding hydrogens is 262 g/mol. The van der Waals surface area contributed by atoms with Gasteiger partial charge in [0.15, 0.2) is 11.6 Å². The van der Waals surface area contributed by atoms with Gasteiger partial charge in [-0.3, -0.25) is 0 Å². The van der Waals surface area contributed by atoms with Gasteiger partial charge < -0.3 is 9.84 Å². The molecule has 0 fully saturated rings. The third-order valence-corrected chi connectivity index (χ3v) is 2.55. The first-order valence-corrected chi connectivity index (χ1v) is 5.50. The Balaban J connectivity index is 2.34. The molecule has 2 nitrogen and oxygen atoms in total. The van der Waals surface area contributed by atoms with Gasteiger partial charge in [-0.15, -0.1) is 0 Å². The van der Waals surface area contributed by atoms with Crippen LogP contribution in [0, 0.1) is 11.6 Å². The van der Waals surface area contributed by atoms with E-state index in [0.717, 1.165) is 6.07 Å². The molecule has 5 heteroatoms. The molecule has 18 heavy (non-hydrogen) atoms. The molecule has 0 aliphatic heterocycles.